The van der Waals surface area contributed by atoms with Crippen LogP contribution in [0.2, 0.25) is 0 Å². The number of anilines is 1. The van der Waals surface area contributed by atoms with Crippen LogP contribution in [0.3, 0.4) is 0 Å². The number of aromatic nitrogens is 1. The molecule has 2 heterocycles. The molecule has 7 nitrogen and oxygen atoms in total. The van der Waals surface area contributed by atoms with Gasteiger partial charge in [0.1, 0.15) is 6.61 Å². The molecule has 3 aromatic carbocycles. The van der Waals surface area contributed by atoms with Gasteiger partial charge in [-0.05, 0) is 29.8 Å². The number of hydrogen-bond donors (Lipinski definition) is 1. The molecule has 1 aromatic heterocycles. The predicted octanol–water partition coefficient (Wildman–Crippen LogP) is 5.32. The minimum atomic E-state index is -1.35. The SMILES string of the molecule is O=C(O)OCC(Cl)c1cccc(N2CCN(C(=O)c3c4ccccc4nc4ccccc34)CC2)c1. The molecule has 4 aromatic rings. The third kappa shape index (κ3) is 4.72. The van der Waals surface area contributed by atoms with E-state index < -0.39 is 11.5 Å². The van der Waals surface area contributed by atoms with Crippen molar-refractivity contribution >= 4 is 51.2 Å². The Labute approximate surface area is 207 Å². The zero-order valence-corrected chi connectivity index (χ0v) is 19.7. The van der Waals surface area contributed by atoms with Crippen molar-refractivity contribution < 1.29 is 19.4 Å². The maximum Gasteiger partial charge on any atom is 0.505 e. The van der Waals surface area contributed by atoms with E-state index in [2.05, 4.69) is 9.64 Å². The number of hydrogen-bond acceptors (Lipinski definition) is 5. The molecule has 8 heteroatoms. The number of amides is 1. The van der Waals surface area contributed by atoms with Gasteiger partial charge in [0.05, 0.1) is 22.0 Å². The second-order valence-corrected chi connectivity index (χ2v) is 8.97. The van der Waals surface area contributed by atoms with Crippen molar-refractivity contribution in [3.05, 3.63) is 83.9 Å². The molecule has 1 amide bonds. The molecule has 1 saturated heterocycles. The number of alkyl halides is 1. The molecule has 5 rings (SSSR count). The van der Waals surface area contributed by atoms with E-state index in [1.165, 1.54) is 0 Å². The molecule has 0 radical (unpaired) electrons. The van der Waals surface area contributed by atoms with E-state index >= 15 is 0 Å². The molecule has 0 aliphatic carbocycles. The minimum absolute atomic E-state index is 0.0137. The summed E-state index contributed by atoms with van der Waals surface area (Å²) in [4.78, 5) is 33.2. The summed E-state index contributed by atoms with van der Waals surface area (Å²) >= 11 is 6.32. The summed E-state index contributed by atoms with van der Waals surface area (Å²) in [6.45, 7) is 2.40. The van der Waals surface area contributed by atoms with Crippen LogP contribution in [0.4, 0.5) is 10.5 Å². The average Bonchev–Trinajstić information content (AvgIpc) is 2.90. The summed E-state index contributed by atoms with van der Waals surface area (Å²) in [6.07, 6.45) is -1.35. The Kier molecular flexibility index (Phi) is 6.42. The van der Waals surface area contributed by atoms with E-state index in [0.29, 0.717) is 31.7 Å². The maximum atomic E-state index is 13.7. The van der Waals surface area contributed by atoms with E-state index in [0.717, 1.165) is 33.1 Å². The Morgan fingerprint density at radius 1 is 0.914 bits per heavy atom. The van der Waals surface area contributed by atoms with E-state index in [-0.39, 0.29) is 12.5 Å². The molecule has 1 N–H and O–H groups in total. The molecule has 0 bridgehead atoms. The van der Waals surface area contributed by atoms with Crippen molar-refractivity contribution in [1.29, 1.82) is 0 Å². The lowest BCUT2D eigenvalue weighted by Gasteiger charge is -2.36. The number of piperazine rings is 1. The van der Waals surface area contributed by atoms with Crippen LogP contribution in [-0.4, -0.2) is 59.8 Å². The van der Waals surface area contributed by atoms with Crippen LogP contribution in [0.5, 0.6) is 0 Å². The number of fused-ring (bicyclic) bond motifs is 2. The van der Waals surface area contributed by atoms with Gasteiger partial charge >= 0.3 is 6.16 Å². The highest BCUT2D eigenvalue weighted by molar-refractivity contribution is 6.21. The molecule has 1 atom stereocenters. The first kappa shape index (κ1) is 22.9. The maximum absolute atomic E-state index is 13.7. The molecule has 35 heavy (non-hydrogen) atoms. The van der Waals surface area contributed by atoms with Crippen LogP contribution in [-0.2, 0) is 4.74 Å². The third-order valence-electron chi connectivity index (χ3n) is 6.32. The zero-order valence-electron chi connectivity index (χ0n) is 18.9. The van der Waals surface area contributed by atoms with Crippen LogP contribution < -0.4 is 4.90 Å². The first-order valence-electron chi connectivity index (χ1n) is 11.4. The number of carbonyl (C=O) groups excluding carboxylic acids is 1. The van der Waals surface area contributed by atoms with Crippen molar-refractivity contribution in [3.63, 3.8) is 0 Å². The van der Waals surface area contributed by atoms with Gasteiger partial charge in [-0.25, -0.2) is 9.78 Å². The smallest absolute Gasteiger partial charge is 0.450 e. The van der Waals surface area contributed by atoms with Crippen molar-refractivity contribution in [1.82, 2.24) is 9.88 Å². The fourth-order valence-corrected chi connectivity index (χ4v) is 4.75. The minimum Gasteiger partial charge on any atom is -0.450 e. The monoisotopic (exact) mass is 489 g/mol. The largest absolute Gasteiger partial charge is 0.505 e. The first-order valence-corrected chi connectivity index (χ1v) is 11.9. The van der Waals surface area contributed by atoms with Crippen LogP contribution in [0.1, 0.15) is 21.3 Å². The number of para-hydroxylation sites is 2. The number of halogens is 1. The molecule has 1 aliphatic heterocycles. The summed E-state index contributed by atoms with van der Waals surface area (Å²) in [6, 6.07) is 23.2. The van der Waals surface area contributed by atoms with Crippen molar-refractivity contribution in [2.45, 2.75) is 5.38 Å². The number of carboxylic acid groups (broad SMARTS) is 1. The fraction of sp³-hybridized carbons (Fsp3) is 0.222. The predicted molar refractivity (Wildman–Crippen MR) is 136 cm³/mol. The second-order valence-electron chi connectivity index (χ2n) is 8.44. The van der Waals surface area contributed by atoms with E-state index in [9.17, 15) is 9.59 Å². The van der Waals surface area contributed by atoms with Gasteiger partial charge in [-0.1, -0.05) is 48.5 Å². The lowest BCUT2D eigenvalue weighted by atomic mass is 10.0. The Hall–Kier alpha value is -3.84. The van der Waals surface area contributed by atoms with Gasteiger partial charge < -0.3 is 19.6 Å². The van der Waals surface area contributed by atoms with Gasteiger partial charge in [-0.3, -0.25) is 4.79 Å². The van der Waals surface area contributed by atoms with Crippen molar-refractivity contribution in [3.8, 4) is 0 Å². The fourth-order valence-electron chi connectivity index (χ4n) is 4.55. The Balaban J connectivity index is 1.34. The summed E-state index contributed by atoms with van der Waals surface area (Å²) in [5, 5.41) is 9.87. The summed E-state index contributed by atoms with van der Waals surface area (Å²) in [5.74, 6) is 0.0137. The second kappa shape index (κ2) is 9.80. The van der Waals surface area contributed by atoms with Gasteiger partial charge in [0.15, 0.2) is 0 Å². The normalized spacial score (nSPS) is 14.8. The molecular weight excluding hydrogens is 466 g/mol. The highest BCUT2D eigenvalue weighted by atomic mass is 35.5. The molecule has 1 unspecified atom stereocenters. The van der Waals surface area contributed by atoms with Crippen molar-refractivity contribution in [2.24, 2.45) is 0 Å². The molecule has 1 fully saturated rings. The Morgan fingerprint density at radius 2 is 1.54 bits per heavy atom. The molecule has 0 spiro atoms. The first-order chi connectivity index (χ1) is 17.0. The van der Waals surface area contributed by atoms with Crippen LogP contribution in [0, 0.1) is 0 Å². The molecule has 178 valence electrons. The van der Waals surface area contributed by atoms with Gasteiger partial charge in [-0.2, -0.15) is 0 Å². The van der Waals surface area contributed by atoms with Gasteiger partial charge in [0, 0.05) is 42.6 Å². The number of carbonyl (C=O) groups is 2. The highest BCUT2D eigenvalue weighted by Crippen LogP contribution is 2.29. The average molecular weight is 490 g/mol. The van der Waals surface area contributed by atoms with Crippen LogP contribution in [0.25, 0.3) is 21.8 Å². The van der Waals surface area contributed by atoms with E-state index in [4.69, 9.17) is 21.7 Å². The van der Waals surface area contributed by atoms with Crippen LogP contribution >= 0.6 is 11.6 Å². The molecule has 1 aliphatic rings. The lowest BCUT2D eigenvalue weighted by molar-refractivity contribution is 0.0750. The van der Waals surface area contributed by atoms with Crippen LogP contribution in [0.15, 0.2) is 72.8 Å². The van der Waals surface area contributed by atoms with E-state index in [1.807, 2.05) is 77.7 Å². The Morgan fingerprint density at radius 3 is 2.17 bits per heavy atom. The van der Waals surface area contributed by atoms with Gasteiger partial charge in [-0.15, -0.1) is 11.6 Å². The Bertz CT molecular complexity index is 1350. The lowest BCUT2D eigenvalue weighted by Crippen LogP contribution is -2.48. The topological polar surface area (TPSA) is 83.0 Å². The number of benzene rings is 3. The number of rotatable bonds is 5. The quantitative estimate of drug-likeness (QED) is 0.232. The molecular formula is C27H24ClN3O4. The van der Waals surface area contributed by atoms with Crippen molar-refractivity contribution in [2.75, 3.05) is 37.7 Å². The number of ether oxygens (including phenoxy) is 1. The summed E-state index contributed by atoms with van der Waals surface area (Å²) in [7, 11) is 0. The van der Waals surface area contributed by atoms with Gasteiger partial charge in [0.2, 0.25) is 0 Å². The summed E-state index contributed by atoms with van der Waals surface area (Å²) < 4.78 is 4.61. The van der Waals surface area contributed by atoms with E-state index in [1.54, 1.807) is 0 Å². The standard InChI is InChI=1S/C27H24ClN3O4/c28-22(17-35-27(33)34)18-6-5-7-19(16-18)30-12-14-31(15-13-30)26(32)25-20-8-1-3-10-23(20)29-24-11-4-2-9-21(24)25/h1-11,16,22H,12-15,17H2,(H,33,34). The molecule has 0 saturated carbocycles. The highest BCUT2D eigenvalue weighted by Gasteiger charge is 2.26. The zero-order chi connectivity index (χ0) is 24.4. The third-order valence-corrected chi connectivity index (χ3v) is 6.70. The number of pyridine rings is 1. The number of nitrogens with zero attached hydrogens (tertiary/aromatic N) is 3. The summed E-state index contributed by atoms with van der Waals surface area (Å²) in [5.41, 5.74) is 4.10. The van der Waals surface area contributed by atoms with Gasteiger partial charge in [0.25, 0.3) is 5.91 Å².